The van der Waals surface area contributed by atoms with Gasteiger partial charge in [-0.3, -0.25) is 14.5 Å². The van der Waals surface area contributed by atoms with Gasteiger partial charge in [0, 0.05) is 31.6 Å². The average Bonchev–Trinajstić information content (AvgIpc) is 3.04. The van der Waals surface area contributed by atoms with E-state index in [-0.39, 0.29) is 12.3 Å². The van der Waals surface area contributed by atoms with Gasteiger partial charge in [0.05, 0.1) is 5.92 Å². The minimum Gasteiger partial charge on any atom is -0.481 e. The summed E-state index contributed by atoms with van der Waals surface area (Å²) in [6.45, 7) is 3.12. The number of carboxylic acids is 1. The largest absolute Gasteiger partial charge is 0.481 e. The summed E-state index contributed by atoms with van der Waals surface area (Å²) in [7, 11) is 2.08. The van der Waals surface area contributed by atoms with Crippen LogP contribution in [0.4, 0.5) is 0 Å². The summed E-state index contributed by atoms with van der Waals surface area (Å²) in [5, 5.41) is 8.90. The highest BCUT2D eigenvalue weighted by molar-refractivity contribution is 5.86. The van der Waals surface area contributed by atoms with Gasteiger partial charge in [-0.25, -0.2) is 0 Å². The second-order valence-electron chi connectivity index (χ2n) is 5.28. The number of carbonyl (C=O) groups excluding carboxylic acids is 1. The molecule has 2 fully saturated rings. The molecule has 1 N–H and O–H groups in total. The highest BCUT2D eigenvalue weighted by atomic mass is 16.4. The highest BCUT2D eigenvalue weighted by Crippen LogP contribution is 2.28. The maximum atomic E-state index is 11.7. The van der Waals surface area contributed by atoms with Gasteiger partial charge < -0.3 is 10.0 Å². The molecule has 17 heavy (non-hydrogen) atoms. The molecular weight excluding hydrogens is 220 g/mol. The molecule has 1 aliphatic heterocycles. The van der Waals surface area contributed by atoms with Crippen molar-refractivity contribution in [1.82, 2.24) is 9.80 Å². The van der Waals surface area contributed by atoms with Gasteiger partial charge in [-0.1, -0.05) is 0 Å². The van der Waals surface area contributed by atoms with E-state index in [1.807, 2.05) is 0 Å². The van der Waals surface area contributed by atoms with Crippen LogP contribution < -0.4 is 0 Å². The molecule has 0 radical (unpaired) electrons. The number of amides is 1. The van der Waals surface area contributed by atoms with Gasteiger partial charge in [0.2, 0.25) is 5.91 Å². The van der Waals surface area contributed by atoms with Gasteiger partial charge >= 0.3 is 5.97 Å². The zero-order chi connectivity index (χ0) is 12.6. The molecule has 2 rings (SSSR count). The Morgan fingerprint density at radius 1 is 1.59 bits per heavy atom. The normalized spacial score (nSPS) is 26.6. The fourth-order valence-electron chi connectivity index (χ4n) is 2.40. The predicted molar refractivity (Wildman–Crippen MR) is 62.6 cm³/mol. The molecule has 0 aromatic carbocycles. The molecular formula is C12H20N2O3. The summed E-state index contributed by atoms with van der Waals surface area (Å²) >= 11 is 0. The van der Waals surface area contributed by atoms with Crippen molar-refractivity contribution in [3.05, 3.63) is 0 Å². The minimum atomic E-state index is -0.857. The Morgan fingerprint density at radius 3 is 2.71 bits per heavy atom. The van der Waals surface area contributed by atoms with Gasteiger partial charge in [0.25, 0.3) is 0 Å². The molecule has 0 aromatic heterocycles. The molecule has 2 unspecified atom stereocenters. The van der Waals surface area contributed by atoms with Crippen LogP contribution in [0.25, 0.3) is 0 Å². The van der Waals surface area contributed by atoms with Crippen molar-refractivity contribution >= 4 is 11.9 Å². The number of carboxylic acid groups (broad SMARTS) is 1. The number of nitrogens with zero attached hydrogens (tertiary/aromatic N) is 2. The molecule has 2 atom stereocenters. The van der Waals surface area contributed by atoms with E-state index >= 15 is 0 Å². The first-order valence-corrected chi connectivity index (χ1v) is 6.21. The molecule has 1 aliphatic carbocycles. The lowest BCUT2D eigenvalue weighted by Crippen LogP contribution is -2.42. The van der Waals surface area contributed by atoms with Gasteiger partial charge in [-0.05, 0) is 26.8 Å². The number of rotatable bonds is 5. The van der Waals surface area contributed by atoms with E-state index in [0.29, 0.717) is 25.2 Å². The van der Waals surface area contributed by atoms with Crippen molar-refractivity contribution in [3.63, 3.8) is 0 Å². The Labute approximate surface area is 101 Å². The third-order valence-corrected chi connectivity index (χ3v) is 3.87. The van der Waals surface area contributed by atoms with Crippen molar-refractivity contribution in [1.29, 1.82) is 0 Å². The summed E-state index contributed by atoms with van der Waals surface area (Å²) in [5.74, 6) is -1.39. The van der Waals surface area contributed by atoms with Crippen LogP contribution in [-0.2, 0) is 9.59 Å². The molecule has 5 heteroatoms. The van der Waals surface area contributed by atoms with Gasteiger partial charge in [-0.15, -0.1) is 0 Å². The number of carbonyl (C=O) groups is 2. The molecule has 1 saturated carbocycles. The molecule has 1 heterocycles. The van der Waals surface area contributed by atoms with E-state index in [9.17, 15) is 9.59 Å². The van der Waals surface area contributed by atoms with E-state index in [4.69, 9.17) is 5.11 Å². The van der Waals surface area contributed by atoms with E-state index in [1.54, 1.807) is 4.90 Å². The van der Waals surface area contributed by atoms with E-state index in [1.165, 1.54) is 12.8 Å². The summed E-state index contributed by atoms with van der Waals surface area (Å²) < 4.78 is 0. The molecule has 1 saturated heterocycles. The molecule has 0 bridgehead atoms. The first-order valence-electron chi connectivity index (χ1n) is 6.21. The van der Waals surface area contributed by atoms with Gasteiger partial charge in [0.1, 0.15) is 0 Å². The van der Waals surface area contributed by atoms with Crippen LogP contribution >= 0.6 is 0 Å². The molecule has 1 amide bonds. The average molecular weight is 240 g/mol. The van der Waals surface area contributed by atoms with Crippen LogP contribution in [-0.4, -0.2) is 59.0 Å². The molecule has 0 spiro atoms. The zero-order valence-electron chi connectivity index (χ0n) is 10.4. The minimum absolute atomic E-state index is 0.0200. The topological polar surface area (TPSA) is 60.9 Å². The number of hydrogen-bond acceptors (Lipinski definition) is 3. The maximum absolute atomic E-state index is 11.7. The van der Waals surface area contributed by atoms with Crippen LogP contribution in [0.2, 0.25) is 0 Å². The maximum Gasteiger partial charge on any atom is 0.308 e. The number of likely N-dealkylation sites (N-methyl/N-ethyl adjacent to an activating group) is 1. The first-order chi connectivity index (χ1) is 7.99. The second-order valence-corrected chi connectivity index (χ2v) is 5.28. The van der Waals surface area contributed by atoms with Crippen LogP contribution in [0.5, 0.6) is 0 Å². The van der Waals surface area contributed by atoms with Gasteiger partial charge in [0.15, 0.2) is 0 Å². The summed E-state index contributed by atoms with van der Waals surface area (Å²) in [4.78, 5) is 26.5. The van der Waals surface area contributed by atoms with Crippen molar-refractivity contribution in [2.45, 2.75) is 38.3 Å². The smallest absolute Gasteiger partial charge is 0.308 e. The fourth-order valence-corrected chi connectivity index (χ4v) is 2.40. The Hall–Kier alpha value is -1.10. The van der Waals surface area contributed by atoms with E-state index < -0.39 is 11.9 Å². The van der Waals surface area contributed by atoms with Crippen LogP contribution in [0.3, 0.4) is 0 Å². The standard InChI is InChI=1S/C12H20N2O3/c1-8(13(2)10-3-4-10)6-14-7-9(12(16)17)5-11(14)15/h8-10H,3-7H2,1-2H3,(H,16,17). The summed E-state index contributed by atoms with van der Waals surface area (Å²) in [6.07, 6.45) is 2.65. The third kappa shape index (κ3) is 2.77. The SMILES string of the molecule is CC(CN1CC(C(=O)O)CC1=O)N(C)C1CC1. The summed E-state index contributed by atoms with van der Waals surface area (Å²) in [6, 6.07) is 0.969. The lowest BCUT2D eigenvalue weighted by molar-refractivity contribution is -0.141. The predicted octanol–water partition coefficient (Wildman–Crippen LogP) is 0.402. The molecule has 5 nitrogen and oxygen atoms in total. The zero-order valence-corrected chi connectivity index (χ0v) is 10.4. The quantitative estimate of drug-likeness (QED) is 0.755. The summed E-state index contributed by atoms with van der Waals surface area (Å²) in [5.41, 5.74) is 0. The van der Waals surface area contributed by atoms with E-state index in [0.717, 1.165) is 0 Å². The lowest BCUT2D eigenvalue weighted by Gasteiger charge is -2.28. The lowest BCUT2D eigenvalue weighted by atomic mass is 10.1. The molecule has 2 aliphatic rings. The Balaban J connectivity index is 1.86. The Morgan fingerprint density at radius 2 is 2.24 bits per heavy atom. The Bertz CT molecular complexity index is 328. The second kappa shape index (κ2) is 4.64. The van der Waals surface area contributed by atoms with Crippen molar-refractivity contribution in [3.8, 4) is 0 Å². The Kier molecular flexibility index (Phi) is 3.38. The number of hydrogen-bond donors (Lipinski definition) is 1. The molecule has 0 aromatic rings. The number of likely N-dealkylation sites (tertiary alicyclic amines) is 1. The van der Waals surface area contributed by atoms with Crippen LogP contribution in [0, 0.1) is 5.92 Å². The van der Waals surface area contributed by atoms with E-state index in [2.05, 4.69) is 18.9 Å². The van der Waals surface area contributed by atoms with Crippen LogP contribution in [0.1, 0.15) is 26.2 Å². The van der Waals surface area contributed by atoms with Crippen molar-refractivity contribution in [2.75, 3.05) is 20.1 Å². The van der Waals surface area contributed by atoms with Crippen molar-refractivity contribution < 1.29 is 14.7 Å². The third-order valence-electron chi connectivity index (χ3n) is 3.87. The first kappa shape index (κ1) is 12.4. The monoisotopic (exact) mass is 240 g/mol. The van der Waals surface area contributed by atoms with Crippen LogP contribution in [0.15, 0.2) is 0 Å². The highest BCUT2D eigenvalue weighted by Gasteiger charge is 2.36. The number of aliphatic carboxylic acids is 1. The molecule has 96 valence electrons. The van der Waals surface area contributed by atoms with Crippen molar-refractivity contribution in [2.24, 2.45) is 5.92 Å². The van der Waals surface area contributed by atoms with Gasteiger partial charge in [-0.2, -0.15) is 0 Å². The fraction of sp³-hybridized carbons (Fsp3) is 0.833.